The summed E-state index contributed by atoms with van der Waals surface area (Å²) in [5, 5.41) is 0. The third-order valence-electron chi connectivity index (χ3n) is 5.69. The van der Waals surface area contributed by atoms with Crippen LogP contribution in [0, 0.1) is 19.3 Å². The molecular weight excluding hydrogens is 388 g/mol. The first-order chi connectivity index (χ1) is 14.3. The molecule has 1 fully saturated rings. The number of carbonyl (C=O) groups is 1. The number of ether oxygens (including phenoxy) is 2. The van der Waals surface area contributed by atoms with Crippen LogP contribution in [0.1, 0.15) is 96.9 Å². The molecule has 5 nitrogen and oxygen atoms in total. The number of nitrogens with zero attached hydrogens (tertiary/aromatic N) is 2. The zero-order valence-corrected chi connectivity index (χ0v) is 21.3. The number of pyridine rings is 1. The van der Waals surface area contributed by atoms with Gasteiger partial charge in [0.15, 0.2) is 6.10 Å². The number of aryl methyl sites for hydroxylation is 2. The Morgan fingerprint density at radius 1 is 1.13 bits per heavy atom. The molecule has 1 unspecified atom stereocenters. The standard InChI is InChI=1S/C26H42N2O3/c1-11-12-20-18(4)27-19(5)21(22(20)28-15-13-26(9,10)14-16-28)23(31-25(6,7)8)24(29)30-17(2)3/h11-12,17,23H,13-16H2,1-10H3/b12-11-. The molecule has 2 heterocycles. The molecule has 0 N–H and O–H groups in total. The van der Waals surface area contributed by atoms with Crippen LogP contribution in [0.5, 0.6) is 0 Å². The van der Waals surface area contributed by atoms with Crippen LogP contribution in [0.25, 0.3) is 6.08 Å². The molecule has 2 rings (SSSR count). The number of piperidine rings is 1. The highest BCUT2D eigenvalue weighted by Gasteiger charge is 2.37. The fourth-order valence-corrected chi connectivity index (χ4v) is 4.09. The van der Waals surface area contributed by atoms with Crippen LogP contribution in [-0.4, -0.2) is 35.7 Å². The summed E-state index contributed by atoms with van der Waals surface area (Å²) < 4.78 is 12.0. The normalized spacial score (nSPS) is 18.0. The lowest BCUT2D eigenvalue weighted by Crippen LogP contribution is -2.39. The Labute approximate surface area is 189 Å². The molecule has 1 aliphatic heterocycles. The van der Waals surface area contributed by atoms with Gasteiger partial charge in [-0.05, 0) is 73.6 Å². The highest BCUT2D eigenvalue weighted by Crippen LogP contribution is 2.41. The van der Waals surface area contributed by atoms with Gasteiger partial charge in [-0.15, -0.1) is 0 Å². The minimum Gasteiger partial charge on any atom is -0.461 e. The molecule has 1 aromatic heterocycles. The Kier molecular flexibility index (Phi) is 7.96. The molecule has 31 heavy (non-hydrogen) atoms. The van der Waals surface area contributed by atoms with E-state index in [-0.39, 0.29) is 12.1 Å². The van der Waals surface area contributed by atoms with Crippen LogP contribution in [0.2, 0.25) is 0 Å². The number of aromatic nitrogens is 1. The third kappa shape index (κ3) is 6.55. The van der Waals surface area contributed by atoms with Crippen LogP contribution in [0.3, 0.4) is 0 Å². The van der Waals surface area contributed by atoms with Gasteiger partial charge in [-0.1, -0.05) is 26.0 Å². The SMILES string of the molecule is C/C=C\c1c(C)nc(C)c(C(OC(C)(C)C)C(=O)OC(C)C)c1N1CCC(C)(C)CC1. The molecule has 1 saturated heterocycles. The lowest BCUT2D eigenvalue weighted by molar-refractivity contribution is -0.171. The monoisotopic (exact) mass is 430 g/mol. The average Bonchev–Trinajstić information content (AvgIpc) is 2.61. The number of allylic oxidation sites excluding steroid dienone is 1. The van der Waals surface area contributed by atoms with E-state index in [1.807, 2.05) is 61.5 Å². The number of carbonyl (C=O) groups excluding carboxylic acids is 1. The summed E-state index contributed by atoms with van der Waals surface area (Å²) in [5.41, 5.74) is 4.55. The number of rotatable bonds is 6. The van der Waals surface area contributed by atoms with Gasteiger partial charge in [-0.25, -0.2) is 4.79 Å². The summed E-state index contributed by atoms with van der Waals surface area (Å²) in [7, 11) is 0. The number of esters is 1. The quantitative estimate of drug-likeness (QED) is 0.505. The minimum absolute atomic E-state index is 0.216. The summed E-state index contributed by atoms with van der Waals surface area (Å²) in [6.07, 6.45) is 5.29. The van der Waals surface area contributed by atoms with Crippen molar-refractivity contribution in [3.8, 4) is 0 Å². The number of anilines is 1. The molecule has 0 spiro atoms. The van der Waals surface area contributed by atoms with E-state index in [9.17, 15) is 4.79 Å². The summed E-state index contributed by atoms with van der Waals surface area (Å²) in [6, 6.07) is 0. The van der Waals surface area contributed by atoms with Crippen molar-refractivity contribution >= 4 is 17.7 Å². The molecule has 1 aliphatic rings. The van der Waals surface area contributed by atoms with Crippen LogP contribution < -0.4 is 4.90 Å². The Morgan fingerprint density at radius 3 is 2.19 bits per heavy atom. The zero-order valence-electron chi connectivity index (χ0n) is 21.3. The largest absolute Gasteiger partial charge is 0.461 e. The summed E-state index contributed by atoms with van der Waals surface area (Å²) in [4.78, 5) is 20.5. The van der Waals surface area contributed by atoms with Crippen molar-refractivity contribution in [1.82, 2.24) is 4.98 Å². The van der Waals surface area contributed by atoms with E-state index in [2.05, 4.69) is 24.8 Å². The van der Waals surface area contributed by atoms with Crippen LogP contribution in [-0.2, 0) is 14.3 Å². The van der Waals surface area contributed by atoms with Gasteiger partial charge in [-0.3, -0.25) is 4.98 Å². The summed E-state index contributed by atoms with van der Waals surface area (Å²) in [6.45, 7) is 22.2. The Balaban J connectivity index is 2.72. The van der Waals surface area contributed by atoms with Crippen molar-refractivity contribution in [1.29, 1.82) is 0 Å². The van der Waals surface area contributed by atoms with E-state index in [0.717, 1.165) is 54.1 Å². The Bertz CT molecular complexity index is 809. The first kappa shape index (κ1) is 25.4. The fourth-order valence-electron chi connectivity index (χ4n) is 4.09. The maximum atomic E-state index is 13.3. The van der Waals surface area contributed by atoms with Crippen molar-refractivity contribution in [3.63, 3.8) is 0 Å². The molecule has 0 aromatic carbocycles. The molecule has 174 valence electrons. The summed E-state index contributed by atoms with van der Waals surface area (Å²) in [5.74, 6) is -0.358. The van der Waals surface area contributed by atoms with E-state index < -0.39 is 11.7 Å². The fraction of sp³-hybridized carbons (Fsp3) is 0.692. The molecule has 5 heteroatoms. The van der Waals surface area contributed by atoms with Crippen molar-refractivity contribution in [2.75, 3.05) is 18.0 Å². The predicted molar refractivity (Wildman–Crippen MR) is 128 cm³/mol. The molecule has 0 bridgehead atoms. The lowest BCUT2D eigenvalue weighted by Gasteiger charge is -2.41. The minimum atomic E-state index is -0.829. The van der Waals surface area contributed by atoms with Crippen molar-refractivity contribution in [2.24, 2.45) is 5.41 Å². The van der Waals surface area contributed by atoms with Gasteiger partial charge in [0.05, 0.1) is 17.4 Å². The van der Waals surface area contributed by atoms with Gasteiger partial charge in [0.25, 0.3) is 0 Å². The van der Waals surface area contributed by atoms with Crippen LogP contribution in [0.15, 0.2) is 6.08 Å². The Hall–Kier alpha value is -1.88. The zero-order chi connectivity index (χ0) is 23.6. The average molecular weight is 431 g/mol. The van der Waals surface area contributed by atoms with Crippen molar-refractivity contribution in [3.05, 3.63) is 28.6 Å². The Morgan fingerprint density at radius 2 is 1.71 bits per heavy atom. The first-order valence-corrected chi connectivity index (χ1v) is 11.5. The van der Waals surface area contributed by atoms with Gasteiger partial charge < -0.3 is 14.4 Å². The summed E-state index contributed by atoms with van der Waals surface area (Å²) >= 11 is 0. The predicted octanol–water partition coefficient (Wildman–Crippen LogP) is 6.17. The topological polar surface area (TPSA) is 51.7 Å². The smallest absolute Gasteiger partial charge is 0.340 e. The highest BCUT2D eigenvalue weighted by molar-refractivity contribution is 5.83. The number of hydrogen-bond acceptors (Lipinski definition) is 5. The molecule has 0 amide bonds. The van der Waals surface area contributed by atoms with Crippen LogP contribution in [0.4, 0.5) is 5.69 Å². The number of hydrogen-bond donors (Lipinski definition) is 0. The molecule has 1 atom stereocenters. The molecule has 0 aliphatic carbocycles. The molecular formula is C26H42N2O3. The van der Waals surface area contributed by atoms with E-state index in [4.69, 9.17) is 14.5 Å². The third-order valence-corrected chi connectivity index (χ3v) is 5.69. The molecule has 1 aromatic rings. The van der Waals surface area contributed by atoms with E-state index in [0.29, 0.717) is 5.41 Å². The molecule has 0 saturated carbocycles. The maximum absolute atomic E-state index is 13.3. The second kappa shape index (κ2) is 9.72. The van der Waals surface area contributed by atoms with E-state index in [1.165, 1.54) is 0 Å². The van der Waals surface area contributed by atoms with Crippen molar-refractivity contribution < 1.29 is 14.3 Å². The van der Waals surface area contributed by atoms with Gasteiger partial charge in [-0.2, -0.15) is 0 Å². The van der Waals surface area contributed by atoms with Gasteiger partial charge >= 0.3 is 5.97 Å². The van der Waals surface area contributed by atoms with E-state index in [1.54, 1.807) is 0 Å². The second-order valence-electron chi connectivity index (χ2n) is 10.7. The van der Waals surface area contributed by atoms with Gasteiger partial charge in [0, 0.05) is 35.6 Å². The molecule has 0 radical (unpaired) electrons. The maximum Gasteiger partial charge on any atom is 0.340 e. The highest BCUT2D eigenvalue weighted by atomic mass is 16.6. The first-order valence-electron chi connectivity index (χ1n) is 11.5. The van der Waals surface area contributed by atoms with E-state index >= 15 is 0 Å². The van der Waals surface area contributed by atoms with Crippen molar-refractivity contribution in [2.45, 2.75) is 99.9 Å². The van der Waals surface area contributed by atoms with Crippen LogP contribution >= 0.6 is 0 Å². The second-order valence-corrected chi connectivity index (χ2v) is 10.7. The lowest BCUT2D eigenvalue weighted by atomic mass is 9.82. The van der Waals surface area contributed by atoms with Gasteiger partial charge in [0.2, 0.25) is 0 Å². The van der Waals surface area contributed by atoms with Gasteiger partial charge in [0.1, 0.15) is 0 Å².